The third-order valence-corrected chi connectivity index (χ3v) is 2.04. The van der Waals surface area contributed by atoms with E-state index in [2.05, 4.69) is 0 Å². The lowest BCUT2D eigenvalue weighted by Gasteiger charge is -2.03. The smallest absolute Gasteiger partial charge is 0.176 e. The molecule has 0 aliphatic rings. The van der Waals surface area contributed by atoms with Crippen LogP contribution in [0.4, 0.5) is 13.2 Å². The minimum absolute atomic E-state index is 0.107. The first-order valence-corrected chi connectivity index (χ1v) is 4.65. The molecule has 0 bridgehead atoms. The number of Topliss-reactive ketones (excluding diaryl/α,β-unsaturated/α-hetero) is 2. The number of carbonyl (C=O) groups is 2. The van der Waals surface area contributed by atoms with Crippen LogP contribution in [0.25, 0.3) is 0 Å². The lowest BCUT2D eigenvalue weighted by molar-refractivity contribution is -0.117. The average molecular weight is 230 g/mol. The Morgan fingerprint density at radius 2 is 1.62 bits per heavy atom. The highest BCUT2D eigenvalue weighted by atomic mass is 19.1. The van der Waals surface area contributed by atoms with Crippen molar-refractivity contribution in [2.75, 3.05) is 0 Å². The Morgan fingerprint density at radius 3 is 2.06 bits per heavy atom. The van der Waals surface area contributed by atoms with Gasteiger partial charge in [-0.25, -0.2) is 13.2 Å². The van der Waals surface area contributed by atoms with Crippen molar-refractivity contribution in [2.24, 2.45) is 0 Å². The molecule has 0 radical (unpaired) electrons. The number of ketones is 2. The third-order valence-electron chi connectivity index (χ3n) is 2.04. The highest BCUT2D eigenvalue weighted by Crippen LogP contribution is 2.16. The molecule has 0 saturated heterocycles. The summed E-state index contributed by atoms with van der Waals surface area (Å²) in [7, 11) is 0. The number of carbonyl (C=O) groups excluding carboxylic acids is 2. The van der Waals surface area contributed by atoms with Gasteiger partial charge in [0.1, 0.15) is 23.2 Å². The fraction of sp³-hybridized carbons (Fsp3) is 0.273. The zero-order valence-electron chi connectivity index (χ0n) is 8.52. The van der Waals surface area contributed by atoms with Gasteiger partial charge in [0.2, 0.25) is 0 Å². The zero-order chi connectivity index (χ0) is 12.3. The van der Waals surface area contributed by atoms with Crippen molar-refractivity contribution in [3.8, 4) is 0 Å². The molecule has 0 fully saturated rings. The van der Waals surface area contributed by atoms with Crippen LogP contribution >= 0.6 is 0 Å². The van der Waals surface area contributed by atoms with Gasteiger partial charge in [0.05, 0.1) is 12.0 Å². The molecular weight excluding hydrogens is 221 g/mol. The number of hydrogen-bond donors (Lipinski definition) is 0. The lowest BCUT2D eigenvalue weighted by Crippen LogP contribution is -2.11. The molecular formula is C11H9F3O2. The maximum atomic E-state index is 13.1. The molecule has 0 aliphatic carbocycles. The van der Waals surface area contributed by atoms with Crippen LogP contribution in [0.15, 0.2) is 12.1 Å². The first-order valence-electron chi connectivity index (χ1n) is 4.65. The van der Waals surface area contributed by atoms with Crippen LogP contribution in [0, 0.1) is 17.5 Å². The molecule has 0 saturated carbocycles. The van der Waals surface area contributed by atoms with Crippen LogP contribution in [0.5, 0.6) is 0 Å². The molecule has 1 aromatic rings. The topological polar surface area (TPSA) is 34.1 Å². The average Bonchev–Trinajstić information content (AvgIpc) is 2.15. The van der Waals surface area contributed by atoms with Gasteiger partial charge >= 0.3 is 0 Å². The molecule has 16 heavy (non-hydrogen) atoms. The Labute approximate surface area is 90.1 Å². The van der Waals surface area contributed by atoms with Gasteiger partial charge in [0, 0.05) is 18.6 Å². The molecule has 1 rings (SSSR count). The highest BCUT2D eigenvalue weighted by Gasteiger charge is 2.20. The van der Waals surface area contributed by atoms with Gasteiger partial charge < -0.3 is 0 Å². The standard InChI is InChI=1S/C11H9F3O2/c1-2-7(15)5-10(16)11-8(13)3-6(12)4-9(11)14/h3-4H,2,5H2,1H3. The minimum atomic E-state index is -1.29. The van der Waals surface area contributed by atoms with Gasteiger partial charge in [-0.2, -0.15) is 0 Å². The molecule has 0 spiro atoms. The summed E-state index contributed by atoms with van der Waals surface area (Å²) in [5.41, 5.74) is -0.858. The maximum Gasteiger partial charge on any atom is 0.176 e. The first kappa shape index (κ1) is 12.4. The Hall–Kier alpha value is -1.65. The van der Waals surface area contributed by atoms with E-state index in [0.29, 0.717) is 12.1 Å². The molecule has 1 aromatic carbocycles. The van der Waals surface area contributed by atoms with Crippen molar-refractivity contribution in [3.05, 3.63) is 35.1 Å². The molecule has 0 amide bonds. The summed E-state index contributed by atoms with van der Waals surface area (Å²) in [5, 5.41) is 0. The van der Waals surface area contributed by atoms with Crippen molar-refractivity contribution in [1.82, 2.24) is 0 Å². The number of halogens is 3. The normalized spacial score (nSPS) is 10.2. The Balaban J connectivity index is 3.04. The van der Waals surface area contributed by atoms with Crippen LogP contribution < -0.4 is 0 Å². The summed E-state index contributed by atoms with van der Waals surface area (Å²) in [6, 6.07) is 0.819. The van der Waals surface area contributed by atoms with E-state index in [1.165, 1.54) is 6.92 Å². The van der Waals surface area contributed by atoms with E-state index in [1.807, 2.05) is 0 Å². The number of rotatable bonds is 4. The van der Waals surface area contributed by atoms with Crippen molar-refractivity contribution >= 4 is 11.6 Å². The summed E-state index contributed by atoms with van der Waals surface area (Å²) in [5.74, 6) is -5.07. The first-order chi connectivity index (χ1) is 7.45. The summed E-state index contributed by atoms with van der Waals surface area (Å²) < 4.78 is 38.8. The maximum absolute atomic E-state index is 13.1. The van der Waals surface area contributed by atoms with Gasteiger partial charge in [-0.3, -0.25) is 9.59 Å². The van der Waals surface area contributed by atoms with Crippen molar-refractivity contribution < 1.29 is 22.8 Å². The highest BCUT2D eigenvalue weighted by molar-refractivity contribution is 6.08. The third kappa shape index (κ3) is 2.68. The predicted molar refractivity (Wildman–Crippen MR) is 50.6 cm³/mol. The molecule has 0 heterocycles. The van der Waals surface area contributed by atoms with Crippen LogP contribution in [0.2, 0.25) is 0 Å². The van der Waals surface area contributed by atoms with Gasteiger partial charge in [-0.1, -0.05) is 6.92 Å². The number of hydrogen-bond acceptors (Lipinski definition) is 2. The Kier molecular flexibility index (Phi) is 3.82. The van der Waals surface area contributed by atoms with Crippen LogP contribution in [-0.4, -0.2) is 11.6 Å². The quantitative estimate of drug-likeness (QED) is 0.588. The molecule has 2 nitrogen and oxygen atoms in total. The van der Waals surface area contributed by atoms with Crippen LogP contribution in [0.3, 0.4) is 0 Å². The molecule has 0 aliphatic heterocycles. The van der Waals surface area contributed by atoms with Crippen LogP contribution in [0.1, 0.15) is 30.1 Å². The Morgan fingerprint density at radius 1 is 1.12 bits per heavy atom. The summed E-state index contributed by atoms with van der Waals surface area (Å²) in [6.07, 6.45) is -0.466. The van der Waals surface area contributed by atoms with E-state index in [1.54, 1.807) is 0 Å². The lowest BCUT2D eigenvalue weighted by atomic mass is 10.0. The molecule has 0 N–H and O–H groups in total. The second kappa shape index (κ2) is 4.92. The summed E-state index contributed by atoms with van der Waals surface area (Å²) in [6.45, 7) is 1.53. The summed E-state index contributed by atoms with van der Waals surface area (Å²) in [4.78, 5) is 22.3. The van der Waals surface area contributed by atoms with Gasteiger partial charge in [0.25, 0.3) is 0 Å². The largest absolute Gasteiger partial charge is 0.299 e. The van der Waals surface area contributed by atoms with Crippen molar-refractivity contribution in [2.45, 2.75) is 19.8 Å². The molecule has 0 aromatic heterocycles. The number of benzene rings is 1. The van der Waals surface area contributed by atoms with E-state index < -0.39 is 41.0 Å². The SMILES string of the molecule is CCC(=O)CC(=O)c1c(F)cc(F)cc1F. The molecule has 0 unspecified atom stereocenters. The minimum Gasteiger partial charge on any atom is -0.299 e. The van der Waals surface area contributed by atoms with Crippen molar-refractivity contribution in [3.63, 3.8) is 0 Å². The molecule has 5 heteroatoms. The van der Waals surface area contributed by atoms with Gasteiger partial charge in [-0.05, 0) is 0 Å². The second-order valence-corrected chi connectivity index (χ2v) is 3.24. The summed E-state index contributed by atoms with van der Waals surface area (Å²) >= 11 is 0. The van der Waals surface area contributed by atoms with Crippen molar-refractivity contribution in [1.29, 1.82) is 0 Å². The predicted octanol–water partition coefficient (Wildman–Crippen LogP) is 2.66. The van der Waals surface area contributed by atoms with E-state index >= 15 is 0 Å². The Bertz CT molecular complexity index is 418. The molecule has 0 atom stereocenters. The van der Waals surface area contributed by atoms with Crippen LogP contribution in [-0.2, 0) is 4.79 Å². The van der Waals surface area contributed by atoms with Gasteiger partial charge in [-0.15, -0.1) is 0 Å². The second-order valence-electron chi connectivity index (χ2n) is 3.24. The molecule has 86 valence electrons. The van der Waals surface area contributed by atoms with E-state index in [0.717, 1.165) is 0 Å². The van der Waals surface area contributed by atoms with Gasteiger partial charge in [0.15, 0.2) is 5.78 Å². The zero-order valence-corrected chi connectivity index (χ0v) is 8.52. The fourth-order valence-electron chi connectivity index (χ4n) is 1.20. The monoisotopic (exact) mass is 230 g/mol. The van der Waals surface area contributed by atoms with E-state index in [-0.39, 0.29) is 6.42 Å². The van der Waals surface area contributed by atoms with E-state index in [4.69, 9.17) is 0 Å². The van der Waals surface area contributed by atoms with E-state index in [9.17, 15) is 22.8 Å². The fourth-order valence-corrected chi connectivity index (χ4v) is 1.20.